The molecule has 0 unspecified atom stereocenters. The van der Waals surface area contributed by atoms with Crippen LogP contribution in [0.1, 0.15) is 19.8 Å². The Morgan fingerprint density at radius 1 is 1.30 bits per heavy atom. The lowest BCUT2D eigenvalue weighted by atomic mass is 10.2. The number of nitrogens with one attached hydrogen (secondary N) is 2. The van der Waals surface area contributed by atoms with Gasteiger partial charge in [-0.2, -0.15) is 0 Å². The number of anilines is 2. The first-order valence-corrected chi connectivity index (χ1v) is 8.53. The highest BCUT2D eigenvalue weighted by atomic mass is 32.2. The minimum Gasteiger partial charge on any atom is -0.491 e. The number of nitrogens with two attached hydrogens (primary N) is 1. The molecule has 4 N–H and O–H groups in total. The Morgan fingerprint density at radius 2 is 2.05 bits per heavy atom. The van der Waals surface area contributed by atoms with Crippen molar-refractivity contribution in [3.05, 3.63) is 18.2 Å². The highest BCUT2D eigenvalue weighted by Gasteiger charge is 2.05. The Hall–Kier alpha value is -1.47. The summed E-state index contributed by atoms with van der Waals surface area (Å²) >= 11 is 0. The number of benzene rings is 1. The molecule has 0 aliphatic carbocycles. The van der Waals surface area contributed by atoms with Gasteiger partial charge in [0.1, 0.15) is 5.75 Å². The molecule has 6 nitrogen and oxygen atoms in total. The van der Waals surface area contributed by atoms with Crippen molar-refractivity contribution in [1.29, 1.82) is 0 Å². The molecular weight excluding hydrogens is 278 g/mol. The van der Waals surface area contributed by atoms with Crippen LogP contribution in [0.25, 0.3) is 0 Å². The van der Waals surface area contributed by atoms with Crippen LogP contribution in [-0.4, -0.2) is 34.4 Å². The average Bonchev–Trinajstić information content (AvgIpc) is 2.37. The van der Waals surface area contributed by atoms with Crippen molar-refractivity contribution in [3.8, 4) is 5.75 Å². The highest BCUT2D eigenvalue weighted by molar-refractivity contribution is 7.88. The zero-order valence-electron chi connectivity index (χ0n) is 12.0. The molecule has 1 aromatic carbocycles. The first-order chi connectivity index (χ1) is 9.44. The van der Waals surface area contributed by atoms with Crippen molar-refractivity contribution in [3.63, 3.8) is 0 Å². The highest BCUT2D eigenvalue weighted by Crippen LogP contribution is 2.29. The minimum atomic E-state index is -3.12. The predicted molar refractivity (Wildman–Crippen MR) is 82.6 cm³/mol. The smallest absolute Gasteiger partial charge is 0.208 e. The van der Waals surface area contributed by atoms with E-state index in [2.05, 4.69) is 10.0 Å². The average molecular weight is 301 g/mol. The van der Waals surface area contributed by atoms with E-state index in [1.54, 1.807) is 0 Å². The third-order valence-corrected chi connectivity index (χ3v) is 3.29. The standard InChI is InChI=1S/C13H23N3O3S/c1-3-10-19-12-7-4-6-11(13(12)14)15-8-5-9-16-20(2,17)18/h4,6-7,15-16H,3,5,8-10,14H2,1-2H3. The Bertz CT molecular complexity index is 518. The molecule has 0 amide bonds. The lowest BCUT2D eigenvalue weighted by molar-refractivity contribution is 0.319. The van der Waals surface area contributed by atoms with E-state index in [-0.39, 0.29) is 0 Å². The fourth-order valence-electron chi connectivity index (χ4n) is 1.61. The molecular formula is C13H23N3O3S. The minimum absolute atomic E-state index is 0.401. The number of hydrogen-bond donors (Lipinski definition) is 3. The van der Waals surface area contributed by atoms with E-state index in [1.165, 1.54) is 0 Å². The first kappa shape index (κ1) is 16.6. The van der Waals surface area contributed by atoms with Gasteiger partial charge in [0.25, 0.3) is 0 Å². The maximum absolute atomic E-state index is 10.9. The third kappa shape index (κ3) is 6.12. The van der Waals surface area contributed by atoms with Crippen LogP contribution < -0.4 is 20.5 Å². The Morgan fingerprint density at radius 3 is 2.70 bits per heavy atom. The summed E-state index contributed by atoms with van der Waals surface area (Å²) in [4.78, 5) is 0. The van der Waals surface area contributed by atoms with Crippen LogP contribution in [-0.2, 0) is 10.0 Å². The van der Waals surface area contributed by atoms with Crippen LogP contribution in [0.5, 0.6) is 5.75 Å². The van der Waals surface area contributed by atoms with Crippen molar-refractivity contribution in [2.24, 2.45) is 0 Å². The zero-order valence-corrected chi connectivity index (χ0v) is 12.8. The molecule has 7 heteroatoms. The van der Waals surface area contributed by atoms with Crippen LogP contribution in [0.3, 0.4) is 0 Å². The maximum Gasteiger partial charge on any atom is 0.208 e. The van der Waals surface area contributed by atoms with E-state index in [1.807, 2.05) is 25.1 Å². The van der Waals surface area contributed by atoms with Crippen molar-refractivity contribution >= 4 is 21.4 Å². The Balaban J connectivity index is 2.44. The second-order valence-electron chi connectivity index (χ2n) is 4.51. The van der Waals surface area contributed by atoms with E-state index in [0.29, 0.717) is 37.6 Å². The van der Waals surface area contributed by atoms with Gasteiger partial charge >= 0.3 is 0 Å². The summed E-state index contributed by atoms with van der Waals surface area (Å²) in [7, 11) is -3.12. The van der Waals surface area contributed by atoms with Crippen molar-refractivity contribution in [2.45, 2.75) is 19.8 Å². The second-order valence-corrected chi connectivity index (χ2v) is 6.35. The molecule has 0 saturated heterocycles. The summed E-state index contributed by atoms with van der Waals surface area (Å²) < 4.78 is 29.8. The molecule has 0 aliphatic heterocycles. The molecule has 0 atom stereocenters. The number of para-hydroxylation sites is 1. The van der Waals surface area contributed by atoms with Crippen LogP contribution in [0.4, 0.5) is 11.4 Å². The molecule has 114 valence electrons. The quantitative estimate of drug-likeness (QED) is 0.473. The van der Waals surface area contributed by atoms with Crippen molar-refractivity contribution in [1.82, 2.24) is 4.72 Å². The summed E-state index contributed by atoms with van der Waals surface area (Å²) in [5, 5.41) is 3.18. The molecule has 0 heterocycles. The van der Waals surface area contributed by atoms with E-state index in [0.717, 1.165) is 18.4 Å². The number of ether oxygens (including phenoxy) is 1. The van der Waals surface area contributed by atoms with Gasteiger partial charge in [0, 0.05) is 13.1 Å². The summed E-state index contributed by atoms with van der Waals surface area (Å²) in [6, 6.07) is 5.58. The van der Waals surface area contributed by atoms with Crippen molar-refractivity contribution < 1.29 is 13.2 Å². The Labute approximate surface area is 120 Å². The van der Waals surface area contributed by atoms with Gasteiger partial charge in [0.2, 0.25) is 10.0 Å². The monoisotopic (exact) mass is 301 g/mol. The second kappa shape index (κ2) is 7.96. The van der Waals surface area contributed by atoms with Crippen LogP contribution in [0.2, 0.25) is 0 Å². The van der Waals surface area contributed by atoms with Crippen LogP contribution >= 0.6 is 0 Å². The predicted octanol–water partition coefficient (Wildman–Crippen LogP) is 1.41. The summed E-state index contributed by atoms with van der Waals surface area (Å²) in [6.45, 7) is 3.70. The van der Waals surface area contributed by atoms with Gasteiger partial charge in [-0.05, 0) is 25.0 Å². The molecule has 1 rings (SSSR count). The normalized spacial score (nSPS) is 11.3. The first-order valence-electron chi connectivity index (χ1n) is 6.64. The molecule has 20 heavy (non-hydrogen) atoms. The molecule has 0 radical (unpaired) electrons. The lowest BCUT2D eigenvalue weighted by Crippen LogP contribution is -2.24. The van der Waals surface area contributed by atoms with Gasteiger partial charge in [-0.25, -0.2) is 13.1 Å². The van der Waals surface area contributed by atoms with Gasteiger partial charge in [0.15, 0.2) is 0 Å². The van der Waals surface area contributed by atoms with E-state index >= 15 is 0 Å². The fraction of sp³-hybridized carbons (Fsp3) is 0.538. The Kier molecular flexibility index (Phi) is 6.60. The number of nitrogen functional groups attached to an aromatic ring is 1. The SMILES string of the molecule is CCCOc1cccc(NCCCNS(C)(=O)=O)c1N. The molecule has 1 aromatic rings. The topological polar surface area (TPSA) is 93.5 Å². The number of hydrogen-bond acceptors (Lipinski definition) is 5. The fourth-order valence-corrected chi connectivity index (χ4v) is 2.12. The largest absolute Gasteiger partial charge is 0.491 e. The van der Waals surface area contributed by atoms with Gasteiger partial charge in [-0.15, -0.1) is 0 Å². The molecule has 0 aliphatic rings. The molecule has 0 fully saturated rings. The molecule has 0 aromatic heterocycles. The summed E-state index contributed by atoms with van der Waals surface area (Å²) in [5.41, 5.74) is 7.39. The number of sulfonamides is 1. The number of rotatable bonds is 9. The third-order valence-electron chi connectivity index (χ3n) is 2.56. The molecule has 0 spiro atoms. The zero-order chi connectivity index (χ0) is 15.0. The van der Waals surface area contributed by atoms with Crippen LogP contribution in [0.15, 0.2) is 18.2 Å². The van der Waals surface area contributed by atoms with Crippen LogP contribution in [0, 0.1) is 0 Å². The van der Waals surface area contributed by atoms with E-state index < -0.39 is 10.0 Å². The lowest BCUT2D eigenvalue weighted by Gasteiger charge is -2.13. The van der Waals surface area contributed by atoms with Gasteiger partial charge in [0.05, 0.1) is 24.2 Å². The summed E-state index contributed by atoms with van der Waals surface area (Å²) in [6.07, 6.45) is 2.74. The van der Waals surface area contributed by atoms with E-state index in [9.17, 15) is 8.42 Å². The molecule has 0 bridgehead atoms. The summed E-state index contributed by atoms with van der Waals surface area (Å²) in [5.74, 6) is 0.672. The van der Waals surface area contributed by atoms with Gasteiger partial charge in [-0.1, -0.05) is 13.0 Å². The van der Waals surface area contributed by atoms with E-state index in [4.69, 9.17) is 10.5 Å². The maximum atomic E-state index is 10.9. The van der Waals surface area contributed by atoms with Gasteiger partial charge in [-0.3, -0.25) is 0 Å². The van der Waals surface area contributed by atoms with Gasteiger partial charge < -0.3 is 15.8 Å². The van der Waals surface area contributed by atoms with Crippen molar-refractivity contribution in [2.75, 3.05) is 37.0 Å². The molecule has 0 saturated carbocycles.